The van der Waals surface area contributed by atoms with E-state index in [2.05, 4.69) is 10.6 Å². The Balaban J connectivity index is 1.68. The minimum absolute atomic E-state index is 0.0242. The second-order valence-electron chi connectivity index (χ2n) is 7.88. The molecule has 1 aliphatic rings. The molecule has 0 heterocycles. The number of fused-ring (bicyclic) bond motifs is 1. The highest BCUT2D eigenvalue weighted by Gasteiger charge is 2.30. The Kier molecular flexibility index (Phi) is 5.74. The molecule has 3 N–H and O–H groups in total. The van der Waals surface area contributed by atoms with E-state index in [0.29, 0.717) is 0 Å². The van der Waals surface area contributed by atoms with Crippen LogP contribution in [0.5, 0.6) is 5.75 Å². The van der Waals surface area contributed by atoms with E-state index in [1.165, 1.54) is 31.8 Å². The number of benzene rings is 2. The van der Waals surface area contributed by atoms with Crippen molar-refractivity contribution in [2.45, 2.75) is 30.2 Å². The van der Waals surface area contributed by atoms with E-state index in [-0.39, 0.29) is 28.1 Å². The smallest absolute Gasteiger partial charge is 0.253 e. The number of halogens is 1. The van der Waals surface area contributed by atoms with E-state index >= 15 is 0 Å². The van der Waals surface area contributed by atoms with Crippen LogP contribution in [0.4, 0.5) is 17.1 Å². The molecule has 0 radical (unpaired) electrons. The first-order valence-electron chi connectivity index (χ1n) is 10.0. The second kappa shape index (κ2) is 8.23. The third-order valence-electron chi connectivity index (χ3n) is 5.68. The molecular formula is C22H22ClN3O5S. The molecule has 0 aromatic heterocycles. The van der Waals surface area contributed by atoms with Gasteiger partial charge in [-0.05, 0) is 42.5 Å². The maximum absolute atomic E-state index is 12.6. The topological polar surface area (TPSA) is 116 Å². The van der Waals surface area contributed by atoms with E-state index in [0.717, 1.165) is 29.1 Å². The largest absolute Gasteiger partial charge is 0.504 e. The first kappa shape index (κ1) is 22.3. The van der Waals surface area contributed by atoms with Crippen LogP contribution in [0.1, 0.15) is 30.0 Å². The van der Waals surface area contributed by atoms with E-state index < -0.39 is 31.5 Å². The Morgan fingerprint density at radius 2 is 1.75 bits per heavy atom. The zero-order chi connectivity index (χ0) is 23.2. The summed E-state index contributed by atoms with van der Waals surface area (Å²) >= 11 is 6.03. The highest BCUT2D eigenvalue weighted by molar-refractivity contribution is 7.89. The normalized spacial score (nSPS) is 16.2. The molecule has 0 saturated heterocycles. The van der Waals surface area contributed by atoms with Crippen LogP contribution >= 0.6 is 11.6 Å². The van der Waals surface area contributed by atoms with Crippen molar-refractivity contribution < 1.29 is 13.5 Å². The molecule has 1 atom stereocenters. The summed E-state index contributed by atoms with van der Waals surface area (Å²) in [7, 11) is -1.43. The van der Waals surface area contributed by atoms with Crippen molar-refractivity contribution in [2.75, 3.05) is 24.7 Å². The van der Waals surface area contributed by atoms with Crippen molar-refractivity contribution in [1.29, 1.82) is 0 Å². The first-order valence-corrected chi connectivity index (χ1v) is 11.8. The Bertz CT molecular complexity index is 1380. The zero-order valence-electron chi connectivity index (χ0n) is 17.5. The van der Waals surface area contributed by atoms with Gasteiger partial charge in [0, 0.05) is 14.1 Å². The van der Waals surface area contributed by atoms with Gasteiger partial charge >= 0.3 is 0 Å². The Morgan fingerprint density at radius 1 is 1.06 bits per heavy atom. The number of sulfonamides is 1. The molecule has 1 unspecified atom stereocenters. The van der Waals surface area contributed by atoms with Crippen LogP contribution in [0, 0.1) is 0 Å². The molecular weight excluding hydrogens is 454 g/mol. The molecule has 10 heteroatoms. The summed E-state index contributed by atoms with van der Waals surface area (Å²) in [6, 6.07) is 10.5. The molecule has 3 aromatic carbocycles. The van der Waals surface area contributed by atoms with Gasteiger partial charge in [0.05, 0.1) is 16.8 Å². The number of phenols is 1. The zero-order valence-corrected chi connectivity index (χ0v) is 19.0. The fraction of sp³-hybridized carbons (Fsp3) is 0.273. The summed E-state index contributed by atoms with van der Waals surface area (Å²) in [4.78, 5) is 24.1. The minimum atomic E-state index is -4.05. The number of aryl methyl sites for hydroxylation is 1. The van der Waals surface area contributed by atoms with Crippen LogP contribution in [-0.2, 0) is 16.4 Å². The van der Waals surface area contributed by atoms with Crippen molar-refractivity contribution in [1.82, 2.24) is 4.31 Å². The standard InChI is InChI=1S/C22H22ClN3O5S/c1-26(2)32(30,31)22-14(23)10-11-16(19(22)27)25-18-17(20(28)21(18)29)24-15-9-5-7-12-6-3-4-8-13(12)15/h3-4,6,8,10-11,15,24-25,27H,5,7,9H2,1-2H3. The summed E-state index contributed by atoms with van der Waals surface area (Å²) in [6.07, 6.45) is 2.69. The van der Waals surface area contributed by atoms with Gasteiger partial charge in [-0.15, -0.1) is 0 Å². The molecule has 1 aliphatic carbocycles. The summed E-state index contributed by atoms with van der Waals surface area (Å²) < 4.78 is 26.0. The van der Waals surface area contributed by atoms with Crippen LogP contribution in [0.25, 0.3) is 0 Å². The van der Waals surface area contributed by atoms with Gasteiger partial charge in [-0.25, -0.2) is 12.7 Å². The maximum atomic E-state index is 12.6. The van der Waals surface area contributed by atoms with Crippen LogP contribution in [-0.4, -0.2) is 31.9 Å². The van der Waals surface area contributed by atoms with E-state index in [4.69, 9.17) is 11.6 Å². The SMILES string of the molecule is CN(C)S(=O)(=O)c1c(Cl)ccc(Nc2c(NC3CCCc4ccccc43)c(=O)c2=O)c1O. The molecule has 4 rings (SSSR count). The van der Waals surface area contributed by atoms with Gasteiger partial charge in [-0.2, -0.15) is 0 Å². The summed E-state index contributed by atoms with van der Waals surface area (Å²) in [5, 5.41) is 16.4. The minimum Gasteiger partial charge on any atom is -0.504 e. The lowest BCUT2D eigenvalue weighted by Crippen LogP contribution is -2.38. The third kappa shape index (κ3) is 3.66. The molecule has 0 saturated carbocycles. The average Bonchev–Trinajstić information content (AvgIpc) is 2.77. The molecule has 0 spiro atoms. The van der Waals surface area contributed by atoms with Crippen molar-refractivity contribution in [3.63, 3.8) is 0 Å². The second-order valence-corrected chi connectivity index (χ2v) is 10.4. The third-order valence-corrected chi connectivity index (χ3v) is 8.00. The fourth-order valence-corrected chi connectivity index (χ4v) is 5.42. The number of nitrogens with one attached hydrogen (secondary N) is 2. The number of nitrogens with zero attached hydrogens (tertiary/aromatic N) is 1. The van der Waals surface area contributed by atoms with Crippen molar-refractivity contribution in [3.05, 3.63) is 73.0 Å². The lowest BCUT2D eigenvalue weighted by molar-refractivity contribution is 0.455. The molecule has 8 nitrogen and oxygen atoms in total. The number of hydrogen-bond donors (Lipinski definition) is 3. The molecule has 0 bridgehead atoms. The summed E-state index contributed by atoms with van der Waals surface area (Å²) in [5.74, 6) is -0.631. The first-order chi connectivity index (χ1) is 15.1. The number of anilines is 3. The molecule has 0 amide bonds. The predicted molar refractivity (Wildman–Crippen MR) is 124 cm³/mol. The number of phenolic OH excluding ortho intramolecular Hbond substituents is 1. The Labute approximate surface area is 190 Å². The maximum Gasteiger partial charge on any atom is 0.253 e. The molecule has 0 fully saturated rings. The highest BCUT2D eigenvalue weighted by Crippen LogP contribution is 2.40. The van der Waals surface area contributed by atoms with Gasteiger partial charge in [0.25, 0.3) is 10.9 Å². The van der Waals surface area contributed by atoms with Gasteiger partial charge in [0.15, 0.2) is 5.75 Å². The Hall–Kier alpha value is -2.88. The fourth-order valence-electron chi connectivity index (χ4n) is 3.94. The number of rotatable bonds is 6. The predicted octanol–water partition coefficient (Wildman–Crippen LogP) is 3.13. The lowest BCUT2D eigenvalue weighted by Gasteiger charge is -2.28. The van der Waals surface area contributed by atoms with Gasteiger partial charge < -0.3 is 15.7 Å². The van der Waals surface area contributed by atoms with Gasteiger partial charge in [-0.1, -0.05) is 35.9 Å². The van der Waals surface area contributed by atoms with Gasteiger partial charge in [0.2, 0.25) is 10.0 Å². The van der Waals surface area contributed by atoms with Gasteiger partial charge in [0.1, 0.15) is 16.3 Å². The average molecular weight is 476 g/mol. The lowest BCUT2D eigenvalue weighted by atomic mass is 9.87. The van der Waals surface area contributed by atoms with Crippen molar-refractivity contribution >= 4 is 38.7 Å². The molecule has 0 aliphatic heterocycles. The van der Waals surface area contributed by atoms with E-state index in [1.807, 2.05) is 24.3 Å². The van der Waals surface area contributed by atoms with E-state index in [9.17, 15) is 23.1 Å². The molecule has 3 aromatic rings. The quantitative estimate of drug-likeness (QED) is 0.370. The van der Waals surface area contributed by atoms with Crippen LogP contribution in [0.2, 0.25) is 5.02 Å². The number of hydrogen-bond acceptors (Lipinski definition) is 7. The Morgan fingerprint density at radius 3 is 2.47 bits per heavy atom. The monoisotopic (exact) mass is 475 g/mol. The van der Waals surface area contributed by atoms with Crippen LogP contribution in [0.15, 0.2) is 50.9 Å². The highest BCUT2D eigenvalue weighted by atomic mass is 35.5. The van der Waals surface area contributed by atoms with Crippen molar-refractivity contribution in [3.8, 4) is 5.75 Å². The van der Waals surface area contributed by atoms with Crippen LogP contribution < -0.4 is 21.5 Å². The van der Waals surface area contributed by atoms with E-state index in [1.54, 1.807) is 0 Å². The number of aromatic hydroxyl groups is 1. The summed E-state index contributed by atoms with van der Waals surface area (Å²) in [6.45, 7) is 0. The van der Waals surface area contributed by atoms with Gasteiger partial charge in [-0.3, -0.25) is 9.59 Å². The van der Waals surface area contributed by atoms with Crippen molar-refractivity contribution in [2.24, 2.45) is 0 Å². The molecule has 32 heavy (non-hydrogen) atoms. The summed E-state index contributed by atoms with van der Waals surface area (Å²) in [5.41, 5.74) is 0.902. The molecule has 168 valence electrons. The van der Waals surface area contributed by atoms with Crippen LogP contribution in [0.3, 0.4) is 0 Å².